The number of nitrogens with zero attached hydrogens (tertiary/aromatic N) is 2. The molecule has 0 saturated heterocycles. The van der Waals surface area contributed by atoms with E-state index in [0.717, 1.165) is 29.3 Å². The summed E-state index contributed by atoms with van der Waals surface area (Å²) in [6, 6.07) is 4.12. The Kier molecular flexibility index (Phi) is 5.15. The molecular weight excluding hydrogens is 292 g/mol. The van der Waals surface area contributed by atoms with Gasteiger partial charge in [-0.25, -0.2) is 0 Å². The molecule has 1 aromatic heterocycles. The summed E-state index contributed by atoms with van der Waals surface area (Å²) in [7, 11) is 0. The predicted molar refractivity (Wildman–Crippen MR) is 76.4 cm³/mol. The average molecular weight is 311 g/mol. The van der Waals surface area contributed by atoms with Crippen molar-refractivity contribution in [2.24, 2.45) is 5.41 Å². The van der Waals surface area contributed by atoms with Gasteiger partial charge in [-0.05, 0) is 55.6 Å². The van der Waals surface area contributed by atoms with Crippen molar-refractivity contribution in [2.75, 3.05) is 0 Å². The van der Waals surface area contributed by atoms with Gasteiger partial charge in [0.15, 0.2) is 0 Å². The molecule has 0 radical (unpaired) electrons. The molecule has 0 aliphatic carbocycles. The number of rotatable bonds is 5. The SMILES string of the molecule is Cc1cc(Br)cn(CCCCC(C)(C)C#N)c1=O. The van der Waals surface area contributed by atoms with Gasteiger partial charge in [0.1, 0.15) is 0 Å². The lowest BCUT2D eigenvalue weighted by atomic mass is 9.89. The van der Waals surface area contributed by atoms with Crippen LogP contribution in [0.2, 0.25) is 0 Å². The Bertz CT molecular complexity index is 512. The van der Waals surface area contributed by atoms with Crippen molar-refractivity contribution in [3.05, 3.63) is 32.7 Å². The average Bonchev–Trinajstić information content (AvgIpc) is 2.30. The zero-order valence-corrected chi connectivity index (χ0v) is 12.7. The summed E-state index contributed by atoms with van der Waals surface area (Å²) in [6.07, 6.45) is 4.56. The molecule has 0 bridgehead atoms. The molecule has 0 N–H and O–H groups in total. The van der Waals surface area contributed by atoms with Crippen molar-refractivity contribution in [2.45, 2.75) is 46.6 Å². The summed E-state index contributed by atoms with van der Waals surface area (Å²) in [6.45, 7) is 6.42. The lowest BCUT2D eigenvalue weighted by molar-refractivity contribution is 0.415. The fraction of sp³-hybridized carbons (Fsp3) is 0.571. The van der Waals surface area contributed by atoms with E-state index in [-0.39, 0.29) is 11.0 Å². The van der Waals surface area contributed by atoms with E-state index in [4.69, 9.17) is 5.26 Å². The molecule has 0 aliphatic rings. The van der Waals surface area contributed by atoms with Crippen LogP contribution in [0.4, 0.5) is 0 Å². The molecule has 1 aromatic rings. The predicted octanol–water partition coefficient (Wildman–Crippen LogP) is 3.64. The van der Waals surface area contributed by atoms with Crippen molar-refractivity contribution in [3.63, 3.8) is 0 Å². The van der Waals surface area contributed by atoms with E-state index < -0.39 is 0 Å². The molecule has 0 amide bonds. The van der Waals surface area contributed by atoms with Gasteiger partial charge in [0.2, 0.25) is 0 Å². The maximum atomic E-state index is 11.9. The third-order valence-corrected chi connectivity index (χ3v) is 3.42. The Morgan fingerprint density at radius 1 is 1.44 bits per heavy atom. The van der Waals surface area contributed by atoms with E-state index in [9.17, 15) is 4.79 Å². The van der Waals surface area contributed by atoms with Crippen LogP contribution >= 0.6 is 15.9 Å². The second kappa shape index (κ2) is 6.19. The first-order valence-electron chi connectivity index (χ1n) is 6.13. The minimum absolute atomic E-state index is 0.0674. The van der Waals surface area contributed by atoms with Gasteiger partial charge in [-0.2, -0.15) is 5.26 Å². The number of nitriles is 1. The number of pyridine rings is 1. The van der Waals surface area contributed by atoms with Crippen molar-refractivity contribution in [1.82, 2.24) is 4.57 Å². The first kappa shape index (κ1) is 15.0. The monoisotopic (exact) mass is 310 g/mol. The molecule has 18 heavy (non-hydrogen) atoms. The number of hydrogen-bond acceptors (Lipinski definition) is 2. The summed E-state index contributed by atoms with van der Waals surface area (Å²) in [5.41, 5.74) is 0.553. The molecule has 0 spiro atoms. The van der Waals surface area contributed by atoms with Gasteiger partial charge < -0.3 is 4.57 Å². The van der Waals surface area contributed by atoms with Crippen molar-refractivity contribution < 1.29 is 0 Å². The van der Waals surface area contributed by atoms with E-state index in [1.807, 2.05) is 33.0 Å². The molecule has 0 aliphatic heterocycles. The summed E-state index contributed by atoms with van der Waals surface area (Å²) in [5.74, 6) is 0. The number of hydrogen-bond donors (Lipinski definition) is 0. The molecule has 98 valence electrons. The van der Waals surface area contributed by atoms with Crippen LogP contribution in [0.15, 0.2) is 21.5 Å². The minimum Gasteiger partial charge on any atom is -0.314 e. The summed E-state index contributed by atoms with van der Waals surface area (Å²) < 4.78 is 2.66. The second-order valence-corrected chi connectivity index (χ2v) is 6.21. The number of aryl methyl sites for hydroxylation is 2. The Labute approximate surface area is 117 Å². The standard InChI is InChI=1S/C14H19BrN2O/c1-11-8-12(15)9-17(13(11)18)7-5-4-6-14(2,3)10-16/h8-9H,4-7H2,1-3H3. The topological polar surface area (TPSA) is 45.8 Å². The molecule has 0 aromatic carbocycles. The Morgan fingerprint density at radius 3 is 2.72 bits per heavy atom. The van der Waals surface area contributed by atoms with Crippen LogP contribution < -0.4 is 5.56 Å². The molecule has 1 heterocycles. The fourth-order valence-corrected chi connectivity index (χ4v) is 2.40. The van der Waals surface area contributed by atoms with Crippen molar-refractivity contribution in [3.8, 4) is 6.07 Å². The molecule has 0 unspecified atom stereocenters. The highest BCUT2D eigenvalue weighted by molar-refractivity contribution is 9.10. The van der Waals surface area contributed by atoms with Gasteiger partial charge in [0, 0.05) is 22.8 Å². The highest BCUT2D eigenvalue weighted by atomic mass is 79.9. The molecule has 3 nitrogen and oxygen atoms in total. The molecule has 0 saturated carbocycles. The highest BCUT2D eigenvalue weighted by Crippen LogP contribution is 2.21. The van der Waals surface area contributed by atoms with Gasteiger partial charge in [-0.15, -0.1) is 0 Å². The quantitative estimate of drug-likeness (QED) is 0.779. The zero-order valence-electron chi connectivity index (χ0n) is 11.2. The minimum atomic E-state index is -0.266. The van der Waals surface area contributed by atoms with Crippen LogP contribution in [0.1, 0.15) is 38.7 Å². The van der Waals surface area contributed by atoms with E-state index in [1.54, 1.807) is 4.57 Å². The maximum absolute atomic E-state index is 11.9. The number of aromatic nitrogens is 1. The van der Waals surface area contributed by atoms with Gasteiger partial charge in [-0.1, -0.05) is 6.42 Å². The molecule has 1 rings (SSSR count). The van der Waals surface area contributed by atoms with Crippen LogP contribution in [0.25, 0.3) is 0 Å². The normalized spacial score (nSPS) is 11.3. The Hall–Kier alpha value is -1.08. The van der Waals surface area contributed by atoms with E-state index in [1.165, 1.54) is 0 Å². The van der Waals surface area contributed by atoms with Gasteiger partial charge in [0.05, 0.1) is 11.5 Å². The highest BCUT2D eigenvalue weighted by Gasteiger charge is 2.15. The van der Waals surface area contributed by atoms with Crippen LogP contribution in [0.5, 0.6) is 0 Å². The first-order valence-corrected chi connectivity index (χ1v) is 6.93. The van der Waals surface area contributed by atoms with E-state index in [0.29, 0.717) is 6.54 Å². The third-order valence-electron chi connectivity index (χ3n) is 2.99. The van der Waals surface area contributed by atoms with E-state index >= 15 is 0 Å². The van der Waals surface area contributed by atoms with Gasteiger partial charge in [0.25, 0.3) is 5.56 Å². The maximum Gasteiger partial charge on any atom is 0.253 e. The van der Waals surface area contributed by atoms with Crippen LogP contribution in [0, 0.1) is 23.7 Å². The molecule has 0 fully saturated rings. The smallest absolute Gasteiger partial charge is 0.253 e. The third kappa shape index (κ3) is 4.30. The summed E-state index contributed by atoms with van der Waals surface area (Å²) in [5, 5.41) is 8.92. The first-order chi connectivity index (χ1) is 8.35. The van der Waals surface area contributed by atoms with Crippen LogP contribution in [-0.2, 0) is 6.54 Å². The van der Waals surface area contributed by atoms with Gasteiger partial charge in [-0.3, -0.25) is 4.79 Å². The summed E-state index contributed by atoms with van der Waals surface area (Å²) >= 11 is 3.40. The Morgan fingerprint density at radius 2 is 2.11 bits per heavy atom. The number of halogens is 1. The number of unbranched alkanes of at least 4 members (excludes halogenated alkanes) is 1. The van der Waals surface area contributed by atoms with E-state index in [2.05, 4.69) is 22.0 Å². The second-order valence-electron chi connectivity index (χ2n) is 5.29. The lowest BCUT2D eigenvalue weighted by Gasteiger charge is -2.14. The van der Waals surface area contributed by atoms with Crippen molar-refractivity contribution >= 4 is 15.9 Å². The van der Waals surface area contributed by atoms with Crippen molar-refractivity contribution in [1.29, 1.82) is 5.26 Å². The van der Waals surface area contributed by atoms with Gasteiger partial charge >= 0.3 is 0 Å². The van der Waals surface area contributed by atoms with Crippen LogP contribution in [-0.4, -0.2) is 4.57 Å². The molecule has 0 atom stereocenters. The lowest BCUT2D eigenvalue weighted by Crippen LogP contribution is -2.21. The Balaban J connectivity index is 2.56. The largest absolute Gasteiger partial charge is 0.314 e. The molecular formula is C14H19BrN2O. The van der Waals surface area contributed by atoms with Crippen LogP contribution in [0.3, 0.4) is 0 Å². The molecule has 4 heteroatoms. The zero-order chi connectivity index (χ0) is 13.8. The summed E-state index contributed by atoms with van der Waals surface area (Å²) in [4.78, 5) is 11.9. The fourth-order valence-electron chi connectivity index (χ4n) is 1.81.